The fraction of sp³-hybridized carbons (Fsp3) is 0.842. The Morgan fingerprint density at radius 2 is 1.72 bits per heavy atom. The lowest BCUT2D eigenvalue weighted by molar-refractivity contribution is -0.128. The standard InChI is InChI=1S/C19H34N4O2/c1-4-5-10-17-20-15-22(19(25)21-12-8-9-13-21)14-7-6-11-18(24)23(17)16(2)3/h16H,4-15H2,1-3H3/b20-17-. The predicted octanol–water partition coefficient (Wildman–Crippen LogP) is 3.47. The average Bonchev–Trinajstić information content (AvgIpc) is 3.12. The van der Waals surface area contributed by atoms with Crippen molar-refractivity contribution in [2.24, 2.45) is 4.99 Å². The molecule has 0 aromatic carbocycles. The second kappa shape index (κ2) is 9.78. The molecule has 0 unspecified atom stereocenters. The lowest BCUT2D eigenvalue weighted by Gasteiger charge is -2.32. The van der Waals surface area contributed by atoms with Crippen LogP contribution < -0.4 is 0 Å². The van der Waals surface area contributed by atoms with Crippen LogP contribution in [0.1, 0.15) is 72.1 Å². The van der Waals surface area contributed by atoms with Gasteiger partial charge < -0.3 is 9.80 Å². The van der Waals surface area contributed by atoms with Crippen LogP contribution in [0.2, 0.25) is 0 Å². The molecule has 0 saturated carbocycles. The SMILES string of the molecule is CCCC/C1=N/CN(C(=O)N2CCCC2)CCCCC(=O)N1C(C)C. The third-order valence-electron chi connectivity index (χ3n) is 4.96. The monoisotopic (exact) mass is 350 g/mol. The molecule has 2 aliphatic heterocycles. The summed E-state index contributed by atoms with van der Waals surface area (Å²) < 4.78 is 0. The summed E-state index contributed by atoms with van der Waals surface area (Å²) in [6, 6.07) is 0.212. The minimum absolute atomic E-state index is 0.102. The molecule has 0 spiro atoms. The second-order valence-electron chi connectivity index (χ2n) is 7.37. The van der Waals surface area contributed by atoms with Crippen molar-refractivity contribution in [2.45, 2.75) is 78.2 Å². The molecule has 1 fully saturated rings. The van der Waals surface area contributed by atoms with Crippen molar-refractivity contribution in [1.29, 1.82) is 0 Å². The number of urea groups is 1. The molecule has 0 aromatic heterocycles. The van der Waals surface area contributed by atoms with Gasteiger partial charge in [0.25, 0.3) is 0 Å². The molecule has 1 saturated heterocycles. The summed E-state index contributed by atoms with van der Waals surface area (Å²) in [5, 5.41) is 0. The number of carbonyl (C=O) groups excluding carboxylic acids is 2. The summed E-state index contributed by atoms with van der Waals surface area (Å²) in [6.45, 7) is 9.00. The molecule has 3 amide bonds. The molecule has 142 valence electrons. The Hall–Kier alpha value is -1.59. The van der Waals surface area contributed by atoms with Crippen molar-refractivity contribution < 1.29 is 9.59 Å². The number of amidine groups is 1. The van der Waals surface area contributed by atoms with E-state index in [0.717, 1.165) is 63.9 Å². The van der Waals surface area contributed by atoms with Crippen molar-refractivity contribution in [2.75, 3.05) is 26.3 Å². The van der Waals surface area contributed by atoms with Gasteiger partial charge in [-0.05, 0) is 46.0 Å². The topological polar surface area (TPSA) is 56.2 Å². The first-order chi connectivity index (χ1) is 12.0. The second-order valence-corrected chi connectivity index (χ2v) is 7.37. The van der Waals surface area contributed by atoms with Crippen LogP contribution in [0.5, 0.6) is 0 Å². The van der Waals surface area contributed by atoms with Gasteiger partial charge in [0.05, 0.1) is 0 Å². The number of hydrogen-bond donors (Lipinski definition) is 0. The molecule has 25 heavy (non-hydrogen) atoms. The van der Waals surface area contributed by atoms with Gasteiger partial charge in [0.1, 0.15) is 12.5 Å². The number of nitrogens with zero attached hydrogens (tertiary/aromatic N) is 4. The van der Waals surface area contributed by atoms with E-state index in [-0.39, 0.29) is 18.0 Å². The Labute approximate surface area is 152 Å². The van der Waals surface area contributed by atoms with E-state index < -0.39 is 0 Å². The molecule has 6 nitrogen and oxygen atoms in total. The lowest BCUT2D eigenvalue weighted by Crippen LogP contribution is -2.46. The fourth-order valence-electron chi connectivity index (χ4n) is 3.54. The Kier molecular flexibility index (Phi) is 7.72. The van der Waals surface area contributed by atoms with Crippen LogP contribution in [-0.4, -0.2) is 64.8 Å². The normalized spacial score (nSPS) is 22.3. The molecule has 0 radical (unpaired) electrons. The van der Waals surface area contributed by atoms with Crippen LogP contribution in [0.25, 0.3) is 0 Å². The van der Waals surface area contributed by atoms with E-state index in [1.165, 1.54) is 0 Å². The molecule has 0 bridgehead atoms. The Balaban J connectivity index is 2.19. The fourth-order valence-corrected chi connectivity index (χ4v) is 3.54. The van der Waals surface area contributed by atoms with Crippen molar-refractivity contribution in [3.63, 3.8) is 0 Å². The molecular weight excluding hydrogens is 316 g/mol. The van der Waals surface area contributed by atoms with E-state index >= 15 is 0 Å². The van der Waals surface area contributed by atoms with Gasteiger partial charge in [-0.1, -0.05) is 13.3 Å². The zero-order valence-electron chi connectivity index (χ0n) is 16.2. The summed E-state index contributed by atoms with van der Waals surface area (Å²) in [7, 11) is 0. The summed E-state index contributed by atoms with van der Waals surface area (Å²) >= 11 is 0. The van der Waals surface area contributed by atoms with Gasteiger partial charge in [0, 0.05) is 38.5 Å². The number of amides is 3. The van der Waals surface area contributed by atoms with Gasteiger partial charge in [-0.3, -0.25) is 14.7 Å². The first kappa shape index (κ1) is 19.7. The smallest absolute Gasteiger partial charge is 0.321 e. The molecule has 0 atom stereocenters. The summed E-state index contributed by atoms with van der Waals surface area (Å²) in [6.07, 6.45) is 7.29. The van der Waals surface area contributed by atoms with Crippen LogP contribution in [-0.2, 0) is 4.79 Å². The number of unbranched alkanes of at least 4 members (excludes halogenated alkanes) is 1. The third kappa shape index (κ3) is 5.44. The number of rotatable bonds is 4. The molecule has 6 heteroatoms. The summed E-state index contributed by atoms with van der Waals surface area (Å²) in [5.74, 6) is 1.02. The maximum Gasteiger partial charge on any atom is 0.321 e. The first-order valence-corrected chi connectivity index (χ1v) is 9.93. The van der Waals surface area contributed by atoms with Gasteiger partial charge in [-0.25, -0.2) is 4.79 Å². The Bertz CT molecular complexity index is 484. The van der Waals surface area contributed by atoms with E-state index in [0.29, 0.717) is 19.6 Å². The van der Waals surface area contributed by atoms with E-state index in [1.54, 1.807) is 0 Å². The highest BCUT2D eigenvalue weighted by atomic mass is 16.2. The maximum atomic E-state index is 12.8. The maximum absolute atomic E-state index is 12.8. The van der Waals surface area contributed by atoms with Gasteiger partial charge in [0.15, 0.2) is 0 Å². The van der Waals surface area contributed by atoms with Crippen molar-refractivity contribution >= 4 is 17.8 Å². The summed E-state index contributed by atoms with van der Waals surface area (Å²) in [4.78, 5) is 35.8. The molecule has 0 aromatic rings. The average molecular weight is 351 g/mol. The highest BCUT2D eigenvalue weighted by molar-refractivity contribution is 5.98. The molecule has 0 aliphatic carbocycles. The number of aliphatic imine (C=N–C) groups is 1. The zero-order valence-corrected chi connectivity index (χ0v) is 16.2. The van der Waals surface area contributed by atoms with Crippen molar-refractivity contribution in [3.8, 4) is 0 Å². The van der Waals surface area contributed by atoms with Gasteiger partial charge in [-0.15, -0.1) is 0 Å². The van der Waals surface area contributed by atoms with E-state index in [4.69, 9.17) is 4.99 Å². The summed E-state index contributed by atoms with van der Waals surface area (Å²) in [5.41, 5.74) is 0. The van der Waals surface area contributed by atoms with Crippen LogP contribution in [0.3, 0.4) is 0 Å². The van der Waals surface area contributed by atoms with E-state index in [2.05, 4.69) is 6.92 Å². The molecule has 2 aliphatic rings. The highest BCUT2D eigenvalue weighted by Gasteiger charge is 2.26. The minimum Gasteiger partial charge on any atom is -0.325 e. The quantitative estimate of drug-likeness (QED) is 0.779. The van der Waals surface area contributed by atoms with Crippen molar-refractivity contribution in [3.05, 3.63) is 0 Å². The largest absolute Gasteiger partial charge is 0.325 e. The zero-order chi connectivity index (χ0) is 18.2. The Morgan fingerprint density at radius 3 is 2.36 bits per heavy atom. The van der Waals surface area contributed by atoms with Crippen LogP contribution in [0, 0.1) is 0 Å². The first-order valence-electron chi connectivity index (χ1n) is 9.93. The molecule has 2 heterocycles. The van der Waals surface area contributed by atoms with Crippen LogP contribution in [0.4, 0.5) is 4.79 Å². The highest BCUT2D eigenvalue weighted by Crippen LogP contribution is 2.16. The predicted molar refractivity (Wildman–Crippen MR) is 101 cm³/mol. The number of likely N-dealkylation sites (tertiary alicyclic amines) is 1. The molecule has 2 rings (SSSR count). The third-order valence-corrected chi connectivity index (χ3v) is 4.96. The van der Waals surface area contributed by atoms with E-state index in [1.807, 2.05) is 28.5 Å². The van der Waals surface area contributed by atoms with Crippen LogP contribution in [0.15, 0.2) is 4.99 Å². The lowest BCUT2D eigenvalue weighted by atomic mass is 10.1. The number of carbonyl (C=O) groups is 2. The molecule has 0 N–H and O–H groups in total. The minimum atomic E-state index is 0.102. The van der Waals surface area contributed by atoms with Gasteiger partial charge in [-0.2, -0.15) is 0 Å². The van der Waals surface area contributed by atoms with Gasteiger partial charge in [0.2, 0.25) is 5.91 Å². The number of hydrogen-bond acceptors (Lipinski definition) is 3. The van der Waals surface area contributed by atoms with Crippen LogP contribution >= 0.6 is 0 Å². The van der Waals surface area contributed by atoms with Gasteiger partial charge >= 0.3 is 6.03 Å². The van der Waals surface area contributed by atoms with Crippen molar-refractivity contribution in [1.82, 2.24) is 14.7 Å². The Morgan fingerprint density at radius 1 is 1.08 bits per heavy atom. The molecular formula is C19H34N4O2. The van der Waals surface area contributed by atoms with E-state index in [9.17, 15) is 9.59 Å².